The van der Waals surface area contributed by atoms with Crippen LogP contribution in [-0.4, -0.2) is 47.9 Å². The Balaban J connectivity index is 1.59. The molecule has 3 fully saturated rings. The molecule has 25 heavy (non-hydrogen) atoms. The first-order valence-corrected chi connectivity index (χ1v) is 9.95. The first kappa shape index (κ1) is 16.5. The Morgan fingerprint density at radius 2 is 1.80 bits per heavy atom. The molecule has 1 aromatic heterocycles. The summed E-state index contributed by atoms with van der Waals surface area (Å²) in [6.45, 7) is 7.27. The van der Waals surface area contributed by atoms with Gasteiger partial charge in [-0.05, 0) is 44.9 Å². The minimum atomic E-state index is -3.43. The first-order chi connectivity index (χ1) is 11.9. The number of hydrogen-bond donors (Lipinski definition) is 0. The van der Waals surface area contributed by atoms with E-state index in [9.17, 15) is 8.42 Å². The second-order valence-corrected chi connectivity index (χ2v) is 8.85. The molecule has 0 spiro atoms. The highest BCUT2D eigenvalue weighted by Gasteiger charge is 2.51. The summed E-state index contributed by atoms with van der Waals surface area (Å²) in [5, 5.41) is 0. The van der Waals surface area contributed by atoms with Crippen molar-refractivity contribution in [3.63, 3.8) is 0 Å². The van der Waals surface area contributed by atoms with Gasteiger partial charge in [-0.2, -0.15) is 4.31 Å². The number of piperidine rings is 1. The lowest BCUT2D eigenvalue weighted by Crippen LogP contribution is -2.70. The van der Waals surface area contributed by atoms with Crippen LogP contribution in [0.25, 0.3) is 0 Å². The molecule has 0 amide bonds. The zero-order valence-corrected chi connectivity index (χ0v) is 15.5. The van der Waals surface area contributed by atoms with Gasteiger partial charge in [0, 0.05) is 36.4 Å². The number of sulfonamides is 1. The molecular formula is C18H22N4O2S. The predicted octanol–water partition coefficient (Wildman–Crippen LogP) is 2.05. The third kappa shape index (κ3) is 2.62. The van der Waals surface area contributed by atoms with E-state index in [1.807, 2.05) is 26.8 Å². The Morgan fingerprint density at radius 3 is 2.48 bits per heavy atom. The van der Waals surface area contributed by atoms with E-state index in [-0.39, 0.29) is 12.1 Å². The highest BCUT2D eigenvalue weighted by atomic mass is 32.2. The maximum atomic E-state index is 13.0. The minimum absolute atomic E-state index is 0.0129. The number of piperazine rings is 1. The predicted molar refractivity (Wildman–Crippen MR) is 96.1 cm³/mol. The van der Waals surface area contributed by atoms with E-state index in [1.54, 1.807) is 28.8 Å². The van der Waals surface area contributed by atoms with Crippen LogP contribution in [0.1, 0.15) is 23.2 Å². The van der Waals surface area contributed by atoms with E-state index < -0.39 is 10.0 Å². The smallest absolute Gasteiger partial charge is 0.243 e. The normalized spacial score (nSPS) is 23.4. The number of benzene rings is 1. The standard InChI is InChI=1S/C18H22N4O2S/c1-12-5-4-6-17(7-12)25(23,24)22-15-8-16(22)10-21(9-15)18-13(2)14(3)19-11-20-18/h4-7,11,15-16H,8-10H2,1-3H3. The molecule has 132 valence electrons. The monoisotopic (exact) mass is 358 g/mol. The van der Waals surface area contributed by atoms with Crippen LogP contribution in [0.5, 0.6) is 0 Å². The summed E-state index contributed by atoms with van der Waals surface area (Å²) in [4.78, 5) is 11.2. The zero-order chi connectivity index (χ0) is 17.8. The third-order valence-corrected chi connectivity index (χ3v) is 7.30. The Bertz CT molecular complexity index is 916. The van der Waals surface area contributed by atoms with Gasteiger partial charge in [0.15, 0.2) is 0 Å². The van der Waals surface area contributed by atoms with Crippen LogP contribution in [0.15, 0.2) is 35.5 Å². The molecule has 0 N–H and O–H groups in total. The molecule has 7 heteroatoms. The van der Waals surface area contributed by atoms with E-state index >= 15 is 0 Å². The van der Waals surface area contributed by atoms with E-state index in [2.05, 4.69) is 14.9 Å². The number of aryl methyl sites for hydroxylation is 2. The molecule has 4 heterocycles. The Kier molecular flexibility index (Phi) is 3.81. The van der Waals surface area contributed by atoms with Gasteiger partial charge in [0.2, 0.25) is 10.0 Å². The fraction of sp³-hybridized carbons (Fsp3) is 0.444. The van der Waals surface area contributed by atoms with Crippen molar-refractivity contribution in [3.8, 4) is 0 Å². The lowest BCUT2D eigenvalue weighted by molar-refractivity contribution is 0.0873. The summed E-state index contributed by atoms with van der Waals surface area (Å²) in [6, 6.07) is 7.18. The van der Waals surface area contributed by atoms with Crippen molar-refractivity contribution in [1.29, 1.82) is 0 Å². The van der Waals surface area contributed by atoms with Gasteiger partial charge in [-0.3, -0.25) is 0 Å². The van der Waals surface area contributed by atoms with Gasteiger partial charge in [-0.15, -0.1) is 0 Å². The molecule has 0 saturated carbocycles. The summed E-state index contributed by atoms with van der Waals surface area (Å²) in [6.07, 6.45) is 2.50. The van der Waals surface area contributed by atoms with Gasteiger partial charge in [0.1, 0.15) is 12.1 Å². The van der Waals surface area contributed by atoms with Crippen LogP contribution in [0.3, 0.4) is 0 Å². The summed E-state index contributed by atoms with van der Waals surface area (Å²) in [7, 11) is -3.43. The van der Waals surface area contributed by atoms with Crippen LogP contribution in [0.2, 0.25) is 0 Å². The van der Waals surface area contributed by atoms with Gasteiger partial charge < -0.3 is 4.90 Å². The average Bonchev–Trinajstić information content (AvgIpc) is 2.57. The summed E-state index contributed by atoms with van der Waals surface area (Å²) >= 11 is 0. The van der Waals surface area contributed by atoms with E-state index in [0.717, 1.165) is 29.1 Å². The number of anilines is 1. The SMILES string of the molecule is Cc1cccc(S(=O)(=O)N2C3CC2CN(c2ncnc(C)c2C)C3)c1. The Hall–Kier alpha value is -1.99. The van der Waals surface area contributed by atoms with Gasteiger partial charge >= 0.3 is 0 Å². The van der Waals surface area contributed by atoms with E-state index in [4.69, 9.17) is 0 Å². The Morgan fingerprint density at radius 1 is 1.08 bits per heavy atom. The number of fused-ring (bicyclic) bond motifs is 2. The lowest BCUT2D eigenvalue weighted by atomic mass is 9.91. The van der Waals surface area contributed by atoms with Gasteiger partial charge in [-0.1, -0.05) is 12.1 Å². The molecule has 2 aromatic rings. The van der Waals surface area contributed by atoms with Crippen molar-refractivity contribution >= 4 is 15.8 Å². The molecule has 3 aliphatic rings. The van der Waals surface area contributed by atoms with E-state index in [0.29, 0.717) is 18.0 Å². The number of hydrogen-bond acceptors (Lipinski definition) is 5. The molecule has 6 nitrogen and oxygen atoms in total. The quantitative estimate of drug-likeness (QED) is 0.840. The minimum Gasteiger partial charge on any atom is -0.353 e. The molecule has 3 saturated heterocycles. The van der Waals surface area contributed by atoms with Crippen LogP contribution in [0.4, 0.5) is 5.82 Å². The second-order valence-electron chi connectivity index (χ2n) is 7.01. The van der Waals surface area contributed by atoms with E-state index in [1.165, 1.54) is 0 Å². The number of aromatic nitrogens is 2. The van der Waals surface area contributed by atoms with Crippen LogP contribution >= 0.6 is 0 Å². The lowest BCUT2D eigenvalue weighted by Gasteiger charge is -2.55. The van der Waals surface area contributed by atoms with Crippen molar-refractivity contribution in [2.24, 2.45) is 0 Å². The number of rotatable bonds is 3. The average molecular weight is 358 g/mol. The Labute approximate surface area is 148 Å². The molecular weight excluding hydrogens is 336 g/mol. The maximum absolute atomic E-state index is 13.0. The first-order valence-electron chi connectivity index (χ1n) is 8.51. The van der Waals surface area contributed by atoms with Crippen molar-refractivity contribution in [1.82, 2.24) is 14.3 Å². The molecule has 0 aliphatic carbocycles. The third-order valence-electron chi connectivity index (χ3n) is 5.30. The van der Waals surface area contributed by atoms with Crippen LogP contribution < -0.4 is 4.90 Å². The molecule has 0 radical (unpaired) electrons. The largest absolute Gasteiger partial charge is 0.353 e. The van der Waals surface area contributed by atoms with Crippen LogP contribution in [0, 0.1) is 20.8 Å². The van der Waals surface area contributed by atoms with Gasteiger partial charge in [0.05, 0.1) is 4.90 Å². The molecule has 2 atom stereocenters. The topological polar surface area (TPSA) is 66.4 Å². The summed E-state index contributed by atoms with van der Waals surface area (Å²) in [5.41, 5.74) is 2.99. The fourth-order valence-electron chi connectivity index (χ4n) is 3.88. The fourth-order valence-corrected chi connectivity index (χ4v) is 5.80. The summed E-state index contributed by atoms with van der Waals surface area (Å²) < 4.78 is 27.7. The van der Waals surface area contributed by atoms with Gasteiger partial charge in [0.25, 0.3) is 0 Å². The van der Waals surface area contributed by atoms with Crippen LogP contribution in [-0.2, 0) is 10.0 Å². The molecule has 2 unspecified atom stereocenters. The highest BCUT2D eigenvalue weighted by Crippen LogP contribution is 2.39. The maximum Gasteiger partial charge on any atom is 0.243 e. The second kappa shape index (κ2) is 5.78. The van der Waals surface area contributed by atoms with Crippen molar-refractivity contribution in [2.75, 3.05) is 18.0 Å². The van der Waals surface area contributed by atoms with Gasteiger partial charge in [-0.25, -0.2) is 18.4 Å². The van der Waals surface area contributed by atoms with Crippen molar-refractivity contribution in [3.05, 3.63) is 47.4 Å². The van der Waals surface area contributed by atoms with Crippen molar-refractivity contribution < 1.29 is 8.42 Å². The molecule has 2 bridgehead atoms. The zero-order valence-electron chi connectivity index (χ0n) is 14.7. The summed E-state index contributed by atoms with van der Waals surface area (Å²) in [5.74, 6) is 0.926. The molecule has 5 rings (SSSR count). The molecule has 3 aliphatic heterocycles. The molecule has 1 aromatic carbocycles. The number of nitrogens with zero attached hydrogens (tertiary/aromatic N) is 4. The highest BCUT2D eigenvalue weighted by molar-refractivity contribution is 7.89. The van der Waals surface area contributed by atoms with Crippen molar-refractivity contribution in [2.45, 2.75) is 44.2 Å².